The number of fused-ring (bicyclic) bond motifs is 2. The molecule has 2 atom stereocenters. The van der Waals surface area contributed by atoms with E-state index < -0.39 is 11.0 Å². The first kappa shape index (κ1) is 11.5. The van der Waals surface area contributed by atoms with Crippen LogP contribution in [0.2, 0.25) is 0 Å². The van der Waals surface area contributed by atoms with Crippen LogP contribution in [0.25, 0.3) is 0 Å². The topological polar surface area (TPSA) is 58.6 Å². The highest BCUT2D eigenvalue weighted by atomic mass is 16.5. The predicted octanol–water partition coefficient (Wildman–Crippen LogP) is 0.975. The number of carbonyl (C=O) groups is 1. The second-order valence-electron chi connectivity index (χ2n) is 6.00. The molecule has 96 valence electrons. The molecule has 2 saturated heterocycles. The first-order chi connectivity index (χ1) is 8.10. The SMILES string of the molecule is COC(=O)C1(C2(O)CC3CCC(C2)N3)CCC1. The summed E-state index contributed by atoms with van der Waals surface area (Å²) in [6, 6.07) is 0.779. The molecule has 0 aromatic heterocycles. The minimum Gasteiger partial charge on any atom is -0.469 e. The largest absolute Gasteiger partial charge is 0.469 e. The number of carbonyl (C=O) groups excluding carboxylic acids is 1. The number of esters is 1. The van der Waals surface area contributed by atoms with Crippen LogP contribution in [-0.2, 0) is 9.53 Å². The Morgan fingerprint density at radius 1 is 1.29 bits per heavy atom. The van der Waals surface area contributed by atoms with Crippen molar-refractivity contribution in [3.63, 3.8) is 0 Å². The molecule has 17 heavy (non-hydrogen) atoms. The van der Waals surface area contributed by atoms with Crippen molar-refractivity contribution in [3.8, 4) is 0 Å². The lowest BCUT2D eigenvalue weighted by atomic mass is 9.55. The zero-order valence-corrected chi connectivity index (χ0v) is 10.4. The molecular formula is C13H21NO3. The highest BCUT2D eigenvalue weighted by Gasteiger charge is 2.62. The van der Waals surface area contributed by atoms with Crippen LogP contribution in [0, 0.1) is 5.41 Å². The summed E-state index contributed by atoms with van der Waals surface area (Å²) >= 11 is 0. The molecule has 3 fully saturated rings. The van der Waals surface area contributed by atoms with Gasteiger partial charge < -0.3 is 15.2 Å². The van der Waals surface area contributed by atoms with Gasteiger partial charge in [0.1, 0.15) is 0 Å². The zero-order valence-electron chi connectivity index (χ0n) is 10.4. The van der Waals surface area contributed by atoms with Gasteiger partial charge in [-0.05, 0) is 38.5 Å². The summed E-state index contributed by atoms with van der Waals surface area (Å²) in [4.78, 5) is 12.1. The molecule has 2 heterocycles. The summed E-state index contributed by atoms with van der Waals surface area (Å²) in [5, 5.41) is 14.5. The molecule has 2 N–H and O–H groups in total. The molecule has 0 radical (unpaired) electrons. The van der Waals surface area contributed by atoms with Crippen LogP contribution in [0.15, 0.2) is 0 Å². The van der Waals surface area contributed by atoms with Crippen LogP contribution in [0.4, 0.5) is 0 Å². The molecule has 1 saturated carbocycles. The molecule has 4 nitrogen and oxygen atoms in total. The van der Waals surface area contributed by atoms with Crippen LogP contribution in [0.1, 0.15) is 44.9 Å². The average molecular weight is 239 g/mol. The number of hydrogen-bond acceptors (Lipinski definition) is 4. The molecule has 2 unspecified atom stereocenters. The summed E-state index contributed by atoms with van der Waals surface area (Å²) < 4.78 is 4.95. The first-order valence-electron chi connectivity index (χ1n) is 6.66. The van der Waals surface area contributed by atoms with Gasteiger partial charge in [0.15, 0.2) is 0 Å². The zero-order chi connectivity index (χ0) is 12.1. The molecule has 2 bridgehead atoms. The summed E-state index contributed by atoms with van der Waals surface area (Å²) in [5.74, 6) is -0.201. The van der Waals surface area contributed by atoms with E-state index in [0.717, 1.165) is 32.1 Å². The van der Waals surface area contributed by atoms with E-state index in [-0.39, 0.29) is 5.97 Å². The van der Waals surface area contributed by atoms with Crippen molar-refractivity contribution in [2.24, 2.45) is 5.41 Å². The van der Waals surface area contributed by atoms with Gasteiger partial charge in [-0.2, -0.15) is 0 Å². The van der Waals surface area contributed by atoms with E-state index in [1.807, 2.05) is 0 Å². The Balaban J connectivity index is 1.88. The maximum absolute atomic E-state index is 12.1. The number of methoxy groups -OCH3 is 1. The minimum atomic E-state index is -0.838. The third-order valence-corrected chi connectivity index (χ3v) is 5.18. The maximum atomic E-state index is 12.1. The second-order valence-corrected chi connectivity index (χ2v) is 6.00. The number of ether oxygens (including phenoxy) is 1. The molecule has 2 aliphatic heterocycles. The van der Waals surface area contributed by atoms with Crippen molar-refractivity contribution < 1.29 is 14.6 Å². The van der Waals surface area contributed by atoms with E-state index >= 15 is 0 Å². The summed E-state index contributed by atoms with van der Waals surface area (Å²) in [6.45, 7) is 0. The standard InChI is InChI=1S/C13H21NO3/c1-17-11(15)12(5-2-6-12)13(16)7-9-3-4-10(8-13)14-9/h9-10,14,16H,2-8H2,1H3. The molecule has 0 aromatic rings. The Hall–Kier alpha value is -0.610. The lowest BCUT2D eigenvalue weighted by Gasteiger charge is -2.53. The molecule has 0 amide bonds. The fourth-order valence-electron chi connectivity index (χ4n) is 4.10. The summed E-state index contributed by atoms with van der Waals surface area (Å²) in [5.41, 5.74) is -1.44. The minimum absolute atomic E-state index is 0.201. The fraction of sp³-hybridized carbons (Fsp3) is 0.923. The lowest BCUT2D eigenvalue weighted by Crippen LogP contribution is -2.63. The van der Waals surface area contributed by atoms with Crippen LogP contribution in [-0.4, -0.2) is 35.9 Å². The van der Waals surface area contributed by atoms with Crippen molar-refractivity contribution in [2.75, 3.05) is 7.11 Å². The highest BCUT2D eigenvalue weighted by Crippen LogP contribution is 2.56. The quantitative estimate of drug-likeness (QED) is 0.705. The second kappa shape index (κ2) is 3.69. The van der Waals surface area contributed by atoms with Crippen LogP contribution in [0.3, 0.4) is 0 Å². The van der Waals surface area contributed by atoms with Gasteiger partial charge in [0.25, 0.3) is 0 Å². The van der Waals surface area contributed by atoms with Gasteiger partial charge in [0, 0.05) is 12.1 Å². The summed E-state index contributed by atoms with van der Waals surface area (Å²) in [7, 11) is 1.43. The van der Waals surface area contributed by atoms with Crippen LogP contribution in [0.5, 0.6) is 0 Å². The van der Waals surface area contributed by atoms with Gasteiger partial charge in [-0.25, -0.2) is 0 Å². The van der Waals surface area contributed by atoms with Gasteiger partial charge in [-0.1, -0.05) is 6.42 Å². The molecule has 3 rings (SSSR count). The maximum Gasteiger partial charge on any atom is 0.314 e. The molecule has 0 spiro atoms. The number of rotatable bonds is 2. The van der Waals surface area contributed by atoms with Crippen molar-refractivity contribution in [3.05, 3.63) is 0 Å². The highest BCUT2D eigenvalue weighted by molar-refractivity contribution is 5.79. The van der Waals surface area contributed by atoms with E-state index in [0.29, 0.717) is 24.9 Å². The van der Waals surface area contributed by atoms with Crippen LogP contribution < -0.4 is 5.32 Å². The first-order valence-corrected chi connectivity index (χ1v) is 6.66. The number of hydrogen-bond donors (Lipinski definition) is 2. The Morgan fingerprint density at radius 2 is 1.88 bits per heavy atom. The van der Waals surface area contributed by atoms with Gasteiger partial charge in [0.2, 0.25) is 0 Å². The Morgan fingerprint density at radius 3 is 2.29 bits per heavy atom. The van der Waals surface area contributed by atoms with Gasteiger partial charge in [0.05, 0.1) is 18.1 Å². The summed E-state index contributed by atoms with van der Waals surface area (Å²) in [6.07, 6.45) is 6.27. The van der Waals surface area contributed by atoms with E-state index in [9.17, 15) is 9.90 Å². The van der Waals surface area contributed by atoms with Gasteiger partial charge >= 0.3 is 5.97 Å². The van der Waals surface area contributed by atoms with Crippen molar-refractivity contribution in [1.29, 1.82) is 0 Å². The Labute approximate surface area is 102 Å². The van der Waals surface area contributed by atoms with Gasteiger partial charge in [-0.15, -0.1) is 0 Å². The number of aliphatic hydroxyl groups is 1. The Kier molecular flexibility index (Phi) is 2.49. The molecule has 3 aliphatic rings. The van der Waals surface area contributed by atoms with Gasteiger partial charge in [-0.3, -0.25) is 4.79 Å². The van der Waals surface area contributed by atoms with E-state index in [4.69, 9.17) is 4.74 Å². The van der Waals surface area contributed by atoms with Crippen molar-refractivity contribution in [2.45, 2.75) is 62.6 Å². The monoisotopic (exact) mass is 239 g/mol. The van der Waals surface area contributed by atoms with Crippen molar-refractivity contribution >= 4 is 5.97 Å². The van der Waals surface area contributed by atoms with E-state index in [2.05, 4.69) is 5.32 Å². The normalized spacial score (nSPS) is 42.9. The predicted molar refractivity (Wildman–Crippen MR) is 62.4 cm³/mol. The smallest absolute Gasteiger partial charge is 0.314 e. The third kappa shape index (κ3) is 1.47. The fourth-order valence-corrected chi connectivity index (χ4v) is 4.10. The lowest BCUT2D eigenvalue weighted by molar-refractivity contribution is -0.195. The van der Waals surface area contributed by atoms with Crippen molar-refractivity contribution in [1.82, 2.24) is 5.32 Å². The Bertz CT molecular complexity index is 326. The number of nitrogens with one attached hydrogen (secondary N) is 1. The van der Waals surface area contributed by atoms with E-state index in [1.54, 1.807) is 0 Å². The molecular weight excluding hydrogens is 218 g/mol. The average Bonchev–Trinajstić information content (AvgIpc) is 2.56. The molecule has 4 heteroatoms. The van der Waals surface area contributed by atoms with Crippen LogP contribution >= 0.6 is 0 Å². The molecule has 0 aromatic carbocycles. The van der Waals surface area contributed by atoms with E-state index in [1.165, 1.54) is 7.11 Å². The third-order valence-electron chi connectivity index (χ3n) is 5.18. The molecule has 1 aliphatic carbocycles. The number of piperidine rings is 1.